The van der Waals surface area contributed by atoms with Crippen LogP contribution in [0, 0.1) is 0 Å². The number of hydrogen-bond acceptors (Lipinski definition) is 1. The van der Waals surface area contributed by atoms with Gasteiger partial charge in [0.05, 0.1) is 6.04 Å². The normalized spacial score (nSPS) is 18.2. The van der Waals surface area contributed by atoms with E-state index in [0.29, 0.717) is 10.9 Å². The Morgan fingerprint density at radius 1 is 1.19 bits per heavy atom. The fourth-order valence-electron chi connectivity index (χ4n) is 2.90. The second kappa shape index (κ2) is 5.90. The molecule has 0 bridgehead atoms. The van der Waals surface area contributed by atoms with Gasteiger partial charge in [-0.1, -0.05) is 55.2 Å². The topological polar surface area (TPSA) is 12.0 Å². The molecule has 0 radical (unpaired) electrons. The van der Waals surface area contributed by atoms with Crippen molar-refractivity contribution in [2.24, 2.45) is 0 Å². The lowest BCUT2D eigenvalue weighted by atomic mass is 9.95. The van der Waals surface area contributed by atoms with Gasteiger partial charge in [0.25, 0.3) is 0 Å². The van der Waals surface area contributed by atoms with Gasteiger partial charge in [0.15, 0.2) is 0 Å². The Bertz CT molecular complexity index is 666. The molecule has 2 aromatic carbocycles. The first-order chi connectivity index (χ1) is 10.1. The van der Waals surface area contributed by atoms with E-state index in [9.17, 15) is 0 Å². The molecule has 2 unspecified atom stereocenters. The number of hydrogen-bond donors (Lipinski definition) is 1. The van der Waals surface area contributed by atoms with Crippen molar-refractivity contribution in [2.45, 2.75) is 38.6 Å². The van der Waals surface area contributed by atoms with Gasteiger partial charge >= 0.3 is 0 Å². The van der Waals surface area contributed by atoms with E-state index in [2.05, 4.69) is 37.4 Å². The summed E-state index contributed by atoms with van der Waals surface area (Å²) in [5, 5.41) is 4.98. The molecule has 0 spiro atoms. The number of fused-ring (bicyclic) bond motifs is 1. The fourth-order valence-corrected chi connectivity index (χ4v) is 3.44. The molecular formula is C18H19Cl2N. The van der Waals surface area contributed by atoms with Gasteiger partial charge in [0, 0.05) is 15.7 Å². The maximum Gasteiger partial charge on any atom is 0.0569 e. The number of rotatable bonds is 3. The van der Waals surface area contributed by atoms with Crippen molar-refractivity contribution in [2.75, 3.05) is 5.32 Å². The molecule has 1 aliphatic heterocycles. The van der Waals surface area contributed by atoms with Gasteiger partial charge in [-0.25, -0.2) is 0 Å². The Kier molecular flexibility index (Phi) is 4.14. The molecule has 21 heavy (non-hydrogen) atoms. The predicted molar refractivity (Wildman–Crippen MR) is 91.7 cm³/mol. The van der Waals surface area contributed by atoms with Crippen molar-refractivity contribution in [1.29, 1.82) is 0 Å². The molecule has 1 N–H and O–H groups in total. The number of halogens is 2. The van der Waals surface area contributed by atoms with Crippen LogP contribution in [0.1, 0.15) is 48.9 Å². The number of nitrogens with one attached hydrogen (secondary N) is 1. The first-order valence-electron chi connectivity index (χ1n) is 7.42. The lowest BCUT2D eigenvalue weighted by molar-refractivity contribution is 0.732. The van der Waals surface area contributed by atoms with Crippen molar-refractivity contribution in [1.82, 2.24) is 0 Å². The fraction of sp³-hybridized carbons (Fsp3) is 0.333. The zero-order chi connectivity index (χ0) is 15.0. The average Bonchev–Trinajstić information content (AvgIpc) is 2.88. The first kappa shape index (κ1) is 14.7. The lowest BCUT2D eigenvalue weighted by Crippen LogP contribution is -2.06. The summed E-state index contributed by atoms with van der Waals surface area (Å²) < 4.78 is 0. The van der Waals surface area contributed by atoms with Crippen molar-refractivity contribution >= 4 is 28.9 Å². The van der Waals surface area contributed by atoms with E-state index < -0.39 is 0 Å². The number of anilines is 1. The zero-order valence-electron chi connectivity index (χ0n) is 12.3. The highest BCUT2D eigenvalue weighted by Gasteiger charge is 2.24. The second-order valence-electron chi connectivity index (χ2n) is 5.79. The van der Waals surface area contributed by atoms with E-state index in [4.69, 9.17) is 23.2 Å². The molecule has 1 aliphatic rings. The van der Waals surface area contributed by atoms with Crippen LogP contribution in [0.5, 0.6) is 0 Å². The van der Waals surface area contributed by atoms with Gasteiger partial charge in [0.2, 0.25) is 0 Å². The van der Waals surface area contributed by atoms with Crippen LogP contribution in [0.25, 0.3) is 0 Å². The minimum Gasteiger partial charge on any atom is -0.378 e. The maximum absolute atomic E-state index is 6.33. The van der Waals surface area contributed by atoms with Crippen molar-refractivity contribution in [3.63, 3.8) is 0 Å². The maximum atomic E-state index is 6.33. The van der Waals surface area contributed by atoms with E-state index in [1.165, 1.54) is 23.2 Å². The standard InChI is InChI=1S/C18H19Cl2N/c1-3-11(2)12-4-7-17-13(8-12)9-18(21-17)15-6-5-14(19)10-16(15)20/h4-8,10-11,18,21H,3,9H2,1-2H3. The summed E-state index contributed by atoms with van der Waals surface area (Å²) >= 11 is 12.3. The minimum absolute atomic E-state index is 0.233. The van der Waals surface area contributed by atoms with Crippen molar-refractivity contribution < 1.29 is 0 Å². The monoisotopic (exact) mass is 319 g/mol. The molecule has 2 aromatic rings. The predicted octanol–water partition coefficient (Wildman–Crippen LogP) is 6.22. The SMILES string of the molecule is CCC(C)c1ccc2c(c1)CC(c1ccc(Cl)cc1Cl)N2. The zero-order valence-corrected chi connectivity index (χ0v) is 13.8. The summed E-state index contributed by atoms with van der Waals surface area (Å²) in [7, 11) is 0. The quantitative estimate of drug-likeness (QED) is 0.708. The Hall–Kier alpha value is -1.18. The Balaban J connectivity index is 1.87. The first-order valence-corrected chi connectivity index (χ1v) is 8.18. The van der Waals surface area contributed by atoms with Gasteiger partial charge in [-0.05, 0) is 53.6 Å². The highest BCUT2D eigenvalue weighted by atomic mass is 35.5. The molecule has 1 nitrogen and oxygen atoms in total. The third kappa shape index (κ3) is 2.90. The van der Waals surface area contributed by atoms with Crippen LogP contribution in [-0.2, 0) is 6.42 Å². The van der Waals surface area contributed by atoms with Crippen LogP contribution < -0.4 is 5.32 Å². The minimum atomic E-state index is 0.233. The Labute approximate surface area is 136 Å². The molecule has 0 amide bonds. The second-order valence-corrected chi connectivity index (χ2v) is 6.64. The molecule has 2 atom stereocenters. The largest absolute Gasteiger partial charge is 0.378 e. The Morgan fingerprint density at radius 3 is 2.71 bits per heavy atom. The molecule has 0 aliphatic carbocycles. The molecule has 110 valence electrons. The summed E-state index contributed by atoms with van der Waals surface area (Å²) in [5.41, 5.74) is 5.13. The molecule has 0 saturated heterocycles. The van der Waals surface area contributed by atoms with Crippen LogP contribution >= 0.6 is 23.2 Å². The van der Waals surface area contributed by atoms with Crippen LogP contribution in [0.15, 0.2) is 36.4 Å². The molecule has 1 heterocycles. The van der Waals surface area contributed by atoms with E-state index in [1.807, 2.05) is 18.2 Å². The summed E-state index contributed by atoms with van der Waals surface area (Å²) in [6.45, 7) is 4.50. The molecule has 0 aromatic heterocycles. The van der Waals surface area contributed by atoms with Gasteiger partial charge < -0.3 is 5.32 Å². The summed E-state index contributed by atoms with van der Waals surface area (Å²) in [6, 6.07) is 12.7. The third-order valence-electron chi connectivity index (χ3n) is 4.40. The Morgan fingerprint density at radius 2 is 2.00 bits per heavy atom. The smallest absolute Gasteiger partial charge is 0.0569 e. The number of benzene rings is 2. The van der Waals surface area contributed by atoms with E-state index in [0.717, 1.165) is 17.0 Å². The highest BCUT2D eigenvalue weighted by molar-refractivity contribution is 6.35. The molecule has 0 fully saturated rings. The van der Waals surface area contributed by atoms with Gasteiger partial charge in [-0.3, -0.25) is 0 Å². The van der Waals surface area contributed by atoms with E-state index >= 15 is 0 Å². The van der Waals surface area contributed by atoms with Crippen molar-refractivity contribution in [3.8, 4) is 0 Å². The lowest BCUT2D eigenvalue weighted by Gasteiger charge is -2.13. The summed E-state index contributed by atoms with van der Waals surface area (Å²) in [6.07, 6.45) is 2.14. The summed E-state index contributed by atoms with van der Waals surface area (Å²) in [4.78, 5) is 0. The van der Waals surface area contributed by atoms with Gasteiger partial charge in [-0.15, -0.1) is 0 Å². The van der Waals surface area contributed by atoms with Gasteiger partial charge in [0.1, 0.15) is 0 Å². The van der Waals surface area contributed by atoms with Crippen LogP contribution in [-0.4, -0.2) is 0 Å². The average molecular weight is 320 g/mol. The molecule has 3 heteroatoms. The molecule has 0 saturated carbocycles. The third-order valence-corrected chi connectivity index (χ3v) is 4.96. The summed E-state index contributed by atoms with van der Waals surface area (Å²) in [5.74, 6) is 0.605. The van der Waals surface area contributed by atoms with E-state index in [-0.39, 0.29) is 6.04 Å². The molecule has 3 rings (SSSR count). The van der Waals surface area contributed by atoms with Crippen LogP contribution in [0.2, 0.25) is 10.0 Å². The molecular weight excluding hydrogens is 301 g/mol. The van der Waals surface area contributed by atoms with Crippen LogP contribution in [0.3, 0.4) is 0 Å². The van der Waals surface area contributed by atoms with Gasteiger partial charge in [-0.2, -0.15) is 0 Å². The van der Waals surface area contributed by atoms with E-state index in [1.54, 1.807) is 0 Å². The van der Waals surface area contributed by atoms with Crippen LogP contribution in [0.4, 0.5) is 5.69 Å². The highest BCUT2D eigenvalue weighted by Crippen LogP contribution is 2.38. The van der Waals surface area contributed by atoms with Crippen molar-refractivity contribution in [3.05, 3.63) is 63.1 Å².